The number of benzene rings is 1. The monoisotopic (exact) mass is 283 g/mol. The summed E-state index contributed by atoms with van der Waals surface area (Å²) in [7, 11) is 3.92. The summed E-state index contributed by atoms with van der Waals surface area (Å²) in [5.74, 6) is -2.07. The van der Waals surface area contributed by atoms with Crippen LogP contribution >= 0.6 is 0 Å². The molecule has 0 aromatic heterocycles. The fourth-order valence-electron chi connectivity index (χ4n) is 1.96. The number of anilines is 2. The highest BCUT2D eigenvalue weighted by atomic mass is 19.1. The summed E-state index contributed by atoms with van der Waals surface area (Å²) in [5.41, 5.74) is 6.33. The molecule has 0 saturated carbocycles. The van der Waals surface area contributed by atoms with E-state index in [9.17, 15) is 9.18 Å². The molecule has 112 valence electrons. The third-order valence-electron chi connectivity index (χ3n) is 3.00. The van der Waals surface area contributed by atoms with Crippen molar-refractivity contribution in [3.8, 4) is 0 Å². The zero-order chi connectivity index (χ0) is 15.3. The van der Waals surface area contributed by atoms with E-state index in [1.807, 2.05) is 30.8 Å². The van der Waals surface area contributed by atoms with E-state index >= 15 is 0 Å². The number of rotatable bonds is 7. The molecule has 0 unspecified atom stereocenters. The second-order valence-electron chi connectivity index (χ2n) is 4.99. The summed E-state index contributed by atoms with van der Waals surface area (Å²) in [5, 5.41) is 8.88. The van der Waals surface area contributed by atoms with Gasteiger partial charge in [-0.05, 0) is 26.6 Å². The number of hydrogen-bond donors (Lipinski definition) is 2. The van der Waals surface area contributed by atoms with E-state index in [0.717, 1.165) is 19.5 Å². The van der Waals surface area contributed by atoms with Gasteiger partial charge in [0.1, 0.15) is 5.82 Å². The summed E-state index contributed by atoms with van der Waals surface area (Å²) in [6.45, 7) is 4.28. The van der Waals surface area contributed by atoms with Gasteiger partial charge in [0.05, 0.1) is 16.9 Å². The number of nitrogens with zero attached hydrogens (tertiary/aromatic N) is 2. The number of nitrogen functional groups attached to an aromatic ring is 1. The maximum Gasteiger partial charge on any atom is 0.338 e. The van der Waals surface area contributed by atoms with Crippen LogP contribution in [0.25, 0.3) is 0 Å². The van der Waals surface area contributed by atoms with Crippen molar-refractivity contribution in [1.29, 1.82) is 0 Å². The number of aromatic carboxylic acids is 1. The van der Waals surface area contributed by atoms with E-state index in [0.29, 0.717) is 12.2 Å². The van der Waals surface area contributed by atoms with Crippen molar-refractivity contribution in [1.82, 2.24) is 4.90 Å². The molecule has 0 aliphatic rings. The molecule has 0 aliphatic heterocycles. The smallest absolute Gasteiger partial charge is 0.338 e. The maximum atomic E-state index is 13.8. The predicted octanol–water partition coefficient (Wildman–Crippen LogP) is 1.88. The molecule has 0 radical (unpaired) electrons. The summed E-state index contributed by atoms with van der Waals surface area (Å²) in [6.07, 6.45) is 0.898. The minimum atomic E-state index is -1.31. The molecule has 5 nitrogen and oxygen atoms in total. The molecule has 6 heteroatoms. The minimum absolute atomic E-state index is 0.288. The van der Waals surface area contributed by atoms with Crippen LogP contribution in [0.2, 0.25) is 0 Å². The lowest BCUT2D eigenvalue weighted by molar-refractivity contribution is 0.0692. The number of likely N-dealkylation sites (N-methyl/N-ethyl adjacent to an activating group) is 1. The minimum Gasteiger partial charge on any atom is -0.478 e. The summed E-state index contributed by atoms with van der Waals surface area (Å²) in [4.78, 5) is 14.9. The first-order valence-electron chi connectivity index (χ1n) is 6.58. The quantitative estimate of drug-likeness (QED) is 0.748. The lowest BCUT2D eigenvalue weighted by Crippen LogP contribution is -2.33. The van der Waals surface area contributed by atoms with Crippen molar-refractivity contribution in [3.63, 3.8) is 0 Å². The SMILES string of the molecule is CCCN(CCN(C)C)c1cc(F)c(C(=O)O)cc1N. The summed E-state index contributed by atoms with van der Waals surface area (Å²) >= 11 is 0. The van der Waals surface area contributed by atoms with E-state index < -0.39 is 17.3 Å². The second kappa shape index (κ2) is 7.09. The molecule has 0 spiro atoms. The van der Waals surface area contributed by atoms with Gasteiger partial charge < -0.3 is 20.6 Å². The van der Waals surface area contributed by atoms with Crippen LogP contribution < -0.4 is 10.6 Å². The Balaban J connectivity index is 3.07. The molecule has 1 rings (SSSR count). The van der Waals surface area contributed by atoms with Gasteiger partial charge >= 0.3 is 5.97 Å². The van der Waals surface area contributed by atoms with Crippen molar-refractivity contribution in [2.45, 2.75) is 13.3 Å². The first-order valence-corrected chi connectivity index (χ1v) is 6.58. The molecule has 0 heterocycles. The lowest BCUT2D eigenvalue weighted by atomic mass is 10.1. The van der Waals surface area contributed by atoms with E-state index in [-0.39, 0.29) is 5.69 Å². The van der Waals surface area contributed by atoms with Crippen LogP contribution in [-0.4, -0.2) is 49.7 Å². The Bertz CT molecular complexity index is 478. The van der Waals surface area contributed by atoms with Gasteiger partial charge in [0, 0.05) is 25.7 Å². The molecule has 1 aromatic carbocycles. The Kier molecular flexibility index (Phi) is 5.76. The molecule has 3 N–H and O–H groups in total. The lowest BCUT2D eigenvalue weighted by Gasteiger charge is -2.27. The van der Waals surface area contributed by atoms with Crippen molar-refractivity contribution >= 4 is 17.3 Å². The third kappa shape index (κ3) is 4.09. The molecule has 0 bridgehead atoms. The standard InChI is InChI=1S/C14H22FN3O2/c1-4-5-18(7-6-17(2)3)13-9-11(15)10(14(19)20)8-12(13)16/h8-9H,4-7,16H2,1-3H3,(H,19,20). The van der Waals surface area contributed by atoms with Gasteiger partial charge in [-0.15, -0.1) is 0 Å². The Labute approximate surface area is 118 Å². The number of nitrogens with two attached hydrogens (primary N) is 1. The van der Waals surface area contributed by atoms with Gasteiger partial charge in [0.25, 0.3) is 0 Å². The van der Waals surface area contributed by atoms with Gasteiger partial charge in [-0.1, -0.05) is 6.92 Å². The second-order valence-corrected chi connectivity index (χ2v) is 4.99. The van der Waals surface area contributed by atoms with Crippen LogP contribution in [-0.2, 0) is 0 Å². The molecule has 0 saturated heterocycles. The molecule has 0 amide bonds. The van der Waals surface area contributed by atoms with E-state index in [2.05, 4.69) is 0 Å². The van der Waals surface area contributed by atoms with Crippen molar-refractivity contribution in [2.75, 3.05) is 44.4 Å². The highest BCUT2D eigenvalue weighted by Crippen LogP contribution is 2.27. The number of halogens is 1. The zero-order valence-electron chi connectivity index (χ0n) is 12.2. The van der Waals surface area contributed by atoms with Crippen molar-refractivity contribution in [3.05, 3.63) is 23.5 Å². The summed E-state index contributed by atoms with van der Waals surface area (Å²) < 4.78 is 13.8. The van der Waals surface area contributed by atoms with Crippen molar-refractivity contribution < 1.29 is 14.3 Å². The number of carboxylic acids is 1. The largest absolute Gasteiger partial charge is 0.478 e. The van der Waals surface area contributed by atoms with E-state index in [1.165, 1.54) is 12.1 Å². The van der Waals surface area contributed by atoms with Gasteiger partial charge in [-0.2, -0.15) is 0 Å². The zero-order valence-corrected chi connectivity index (χ0v) is 12.2. The Morgan fingerprint density at radius 3 is 2.45 bits per heavy atom. The maximum absolute atomic E-state index is 13.8. The normalized spacial score (nSPS) is 10.8. The Hall–Kier alpha value is -1.82. The molecular formula is C14H22FN3O2. The fraction of sp³-hybridized carbons (Fsp3) is 0.500. The van der Waals surface area contributed by atoms with Crippen LogP contribution in [0.3, 0.4) is 0 Å². The first-order chi connectivity index (χ1) is 9.36. The number of carboxylic acid groups (broad SMARTS) is 1. The highest BCUT2D eigenvalue weighted by molar-refractivity contribution is 5.90. The average molecular weight is 283 g/mol. The van der Waals surface area contributed by atoms with E-state index in [4.69, 9.17) is 10.8 Å². The van der Waals surface area contributed by atoms with Crippen LogP contribution in [0.1, 0.15) is 23.7 Å². The number of carbonyl (C=O) groups is 1. The van der Waals surface area contributed by atoms with Gasteiger partial charge in [-0.25, -0.2) is 9.18 Å². The van der Waals surface area contributed by atoms with Gasteiger partial charge in [0.2, 0.25) is 0 Å². The molecule has 20 heavy (non-hydrogen) atoms. The topological polar surface area (TPSA) is 69.8 Å². The summed E-state index contributed by atoms with van der Waals surface area (Å²) in [6, 6.07) is 2.40. The Morgan fingerprint density at radius 2 is 1.95 bits per heavy atom. The van der Waals surface area contributed by atoms with Gasteiger partial charge in [-0.3, -0.25) is 0 Å². The predicted molar refractivity (Wildman–Crippen MR) is 78.8 cm³/mol. The first kappa shape index (κ1) is 16.2. The molecular weight excluding hydrogens is 261 g/mol. The molecule has 0 atom stereocenters. The number of hydrogen-bond acceptors (Lipinski definition) is 4. The molecule has 0 fully saturated rings. The van der Waals surface area contributed by atoms with Crippen LogP contribution in [0.15, 0.2) is 12.1 Å². The molecule has 0 aliphatic carbocycles. The highest BCUT2D eigenvalue weighted by Gasteiger charge is 2.17. The third-order valence-corrected chi connectivity index (χ3v) is 3.00. The average Bonchev–Trinajstić information content (AvgIpc) is 2.36. The Morgan fingerprint density at radius 1 is 1.30 bits per heavy atom. The van der Waals surface area contributed by atoms with Crippen LogP contribution in [0, 0.1) is 5.82 Å². The van der Waals surface area contributed by atoms with Crippen LogP contribution in [0.4, 0.5) is 15.8 Å². The fourth-order valence-corrected chi connectivity index (χ4v) is 1.96. The molecule has 1 aromatic rings. The van der Waals surface area contributed by atoms with E-state index in [1.54, 1.807) is 0 Å². The van der Waals surface area contributed by atoms with Crippen molar-refractivity contribution in [2.24, 2.45) is 0 Å². The van der Waals surface area contributed by atoms with Gasteiger partial charge in [0.15, 0.2) is 0 Å². The van der Waals surface area contributed by atoms with Crippen LogP contribution in [0.5, 0.6) is 0 Å².